The molecule has 0 unspecified atom stereocenters. The third kappa shape index (κ3) is 11.7. The maximum atomic E-state index is 14.6. The summed E-state index contributed by atoms with van der Waals surface area (Å²) < 4.78 is 57.8. The van der Waals surface area contributed by atoms with Gasteiger partial charge in [-0.2, -0.15) is 0 Å². The van der Waals surface area contributed by atoms with Gasteiger partial charge >= 0.3 is 0 Å². The van der Waals surface area contributed by atoms with Gasteiger partial charge in [0.05, 0.1) is 37.2 Å². The summed E-state index contributed by atoms with van der Waals surface area (Å²) in [6.45, 7) is 7.37. The SMILES string of the molecule is COCO[C@@H]([C@@H](C)OCOC)[C@@H](C[C@H](OCOC)[C@@H](CO)NC(=O)[C@@H](O[Si](c1ccccc1)(c1ccccc1)C(C)(C)C)c1cnco1)OCOC. The van der Waals surface area contributed by atoms with E-state index < -0.39 is 62.4 Å². The minimum atomic E-state index is -3.28. The summed E-state index contributed by atoms with van der Waals surface area (Å²) in [7, 11) is 2.71. The molecule has 1 heterocycles. The largest absolute Gasteiger partial charge is 0.445 e. The number of oxazole rings is 1. The van der Waals surface area contributed by atoms with Crippen molar-refractivity contribution in [1.29, 1.82) is 0 Å². The summed E-state index contributed by atoms with van der Waals surface area (Å²) in [6, 6.07) is 18.9. The average Bonchev–Trinajstić information content (AvgIpc) is 3.69. The highest BCUT2D eigenvalue weighted by Gasteiger charge is 2.53. The van der Waals surface area contributed by atoms with Crippen molar-refractivity contribution in [3.63, 3.8) is 0 Å². The summed E-state index contributed by atoms with van der Waals surface area (Å²) in [5.41, 5.74) is 0. The van der Waals surface area contributed by atoms with Crippen molar-refractivity contribution in [3.8, 4) is 0 Å². The van der Waals surface area contributed by atoms with E-state index in [1.165, 1.54) is 41.0 Å². The van der Waals surface area contributed by atoms with E-state index in [9.17, 15) is 9.90 Å². The summed E-state index contributed by atoms with van der Waals surface area (Å²) >= 11 is 0. The Morgan fingerprint density at radius 2 is 1.33 bits per heavy atom. The molecule has 0 saturated carbocycles. The number of carbonyl (C=O) groups is 1. The van der Waals surface area contributed by atoms with Crippen LogP contribution in [0.2, 0.25) is 5.04 Å². The number of nitrogens with zero attached hydrogens (tertiary/aromatic N) is 1. The Hall–Kier alpha value is -3.06. The van der Waals surface area contributed by atoms with Crippen molar-refractivity contribution in [2.75, 3.05) is 62.2 Å². The van der Waals surface area contributed by atoms with Crippen LogP contribution in [0, 0.1) is 0 Å². The van der Waals surface area contributed by atoms with E-state index in [2.05, 4.69) is 31.1 Å². The van der Waals surface area contributed by atoms with Crippen LogP contribution in [0.15, 0.2) is 77.7 Å². The van der Waals surface area contributed by atoms with Gasteiger partial charge in [0.25, 0.3) is 14.2 Å². The second kappa shape index (κ2) is 22.2. The molecule has 2 aromatic carbocycles. The Labute approximate surface area is 308 Å². The summed E-state index contributed by atoms with van der Waals surface area (Å²) in [6.07, 6.45) is -1.25. The molecule has 290 valence electrons. The Kier molecular flexibility index (Phi) is 18.5. The summed E-state index contributed by atoms with van der Waals surface area (Å²) in [4.78, 5) is 18.7. The highest BCUT2D eigenvalue weighted by atomic mass is 28.4. The minimum Gasteiger partial charge on any atom is -0.445 e. The van der Waals surface area contributed by atoms with E-state index in [-0.39, 0.29) is 39.4 Å². The van der Waals surface area contributed by atoms with E-state index in [0.29, 0.717) is 0 Å². The second-order valence-corrected chi connectivity index (χ2v) is 17.4. The Balaban J connectivity index is 2.05. The number of carbonyl (C=O) groups excluding carboxylic acids is 1. The number of hydrogen-bond acceptors (Lipinski definition) is 13. The van der Waals surface area contributed by atoms with E-state index >= 15 is 0 Å². The van der Waals surface area contributed by atoms with E-state index in [0.717, 1.165) is 10.4 Å². The van der Waals surface area contributed by atoms with Gasteiger partial charge in [-0.3, -0.25) is 4.79 Å². The number of aliphatic hydroxyl groups is 1. The molecule has 0 aliphatic carbocycles. The van der Waals surface area contributed by atoms with Crippen LogP contribution >= 0.6 is 0 Å². The number of methoxy groups -OCH3 is 4. The lowest BCUT2D eigenvalue weighted by atomic mass is 9.98. The van der Waals surface area contributed by atoms with Gasteiger partial charge in [0.15, 0.2) is 18.3 Å². The number of nitrogens with one attached hydrogen (secondary N) is 1. The molecule has 3 rings (SSSR count). The quantitative estimate of drug-likeness (QED) is 0.0963. The van der Waals surface area contributed by atoms with Crippen LogP contribution in [0.5, 0.6) is 0 Å². The van der Waals surface area contributed by atoms with Crippen LogP contribution in [0.1, 0.15) is 46.0 Å². The lowest BCUT2D eigenvalue weighted by Crippen LogP contribution is -2.67. The van der Waals surface area contributed by atoms with Crippen molar-refractivity contribution in [3.05, 3.63) is 79.0 Å². The van der Waals surface area contributed by atoms with Crippen LogP contribution in [-0.4, -0.2) is 117 Å². The number of aromatic nitrogens is 1. The maximum Gasteiger partial charge on any atom is 0.262 e. The smallest absolute Gasteiger partial charge is 0.262 e. The highest BCUT2D eigenvalue weighted by molar-refractivity contribution is 6.99. The normalized spacial score (nSPS) is 15.8. The van der Waals surface area contributed by atoms with Crippen LogP contribution in [-0.2, 0) is 47.1 Å². The number of ether oxygens (including phenoxy) is 8. The van der Waals surface area contributed by atoms with Crippen molar-refractivity contribution < 1.29 is 56.6 Å². The highest BCUT2D eigenvalue weighted by Crippen LogP contribution is 2.40. The van der Waals surface area contributed by atoms with E-state index in [4.69, 9.17) is 46.7 Å². The Bertz CT molecular complexity index is 1340. The fourth-order valence-corrected chi connectivity index (χ4v) is 10.7. The minimum absolute atomic E-state index is 0.0122. The number of rotatable bonds is 25. The van der Waals surface area contributed by atoms with Gasteiger partial charge < -0.3 is 57.2 Å². The molecule has 0 aliphatic heterocycles. The van der Waals surface area contributed by atoms with Crippen LogP contribution in [0.25, 0.3) is 0 Å². The van der Waals surface area contributed by atoms with Gasteiger partial charge in [-0.15, -0.1) is 0 Å². The fraction of sp³-hybridized carbons (Fsp3) is 0.568. The Morgan fingerprint density at radius 1 is 0.808 bits per heavy atom. The van der Waals surface area contributed by atoms with Gasteiger partial charge in [0.1, 0.15) is 33.3 Å². The standard InChI is InChI=1S/C37H56N2O12Si/c1-27(47-23-42-5)34(50-26-45-8)32(49-25-44-7)19-31(48-24-43-6)30(21-40)39-36(41)35(33-20-38-22-46-33)51-52(37(2,3)4,28-15-11-9-12-16-28)29-17-13-10-14-18-29/h9-18,20,22,27,30-32,34-35,40H,19,21,23-26H2,1-8H3,(H,39,41)/t27-,30-,31+,32-,34+,35+/m1/s1. The van der Waals surface area contributed by atoms with Gasteiger partial charge in [0.2, 0.25) is 0 Å². The first-order valence-corrected chi connectivity index (χ1v) is 19.0. The van der Waals surface area contributed by atoms with Crippen molar-refractivity contribution in [1.82, 2.24) is 10.3 Å². The van der Waals surface area contributed by atoms with Gasteiger partial charge in [-0.25, -0.2) is 4.98 Å². The Morgan fingerprint density at radius 3 is 1.81 bits per heavy atom. The van der Waals surface area contributed by atoms with Crippen LogP contribution in [0.3, 0.4) is 0 Å². The number of aliphatic hydroxyl groups excluding tert-OH is 1. The molecular weight excluding hydrogens is 692 g/mol. The third-order valence-electron chi connectivity index (χ3n) is 8.55. The molecule has 14 nitrogen and oxygen atoms in total. The molecule has 6 atom stereocenters. The molecule has 0 fully saturated rings. The van der Waals surface area contributed by atoms with Gasteiger partial charge in [-0.1, -0.05) is 81.4 Å². The molecular formula is C37H56N2O12Si. The zero-order chi connectivity index (χ0) is 38.0. The maximum absolute atomic E-state index is 14.6. The first-order chi connectivity index (χ1) is 25.1. The van der Waals surface area contributed by atoms with Crippen molar-refractivity contribution in [2.45, 2.75) is 75.7 Å². The molecule has 1 aromatic heterocycles. The number of benzene rings is 2. The molecule has 0 bridgehead atoms. The van der Waals surface area contributed by atoms with Crippen LogP contribution in [0.4, 0.5) is 0 Å². The zero-order valence-electron chi connectivity index (χ0n) is 31.5. The molecule has 0 aliphatic rings. The lowest BCUT2D eigenvalue weighted by molar-refractivity contribution is -0.213. The molecule has 52 heavy (non-hydrogen) atoms. The molecule has 3 aromatic rings. The molecule has 0 spiro atoms. The predicted molar refractivity (Wildman–Crippen MR) is 194 cm³/mol. The van der Waals surface area contributed by atoms with E-state index in [1.54, 1.807) is 0 Å². The van der Waals surface area contributed by atoms with Crippen LogP contribution < -0.4 is 15.7 Å². The predicted octanol–water partition coefficient (Wildman–Crippen LogP) is 3.14. The first kappa shape index (κ1) is 43.3. The monoisotopic (exact) mass is 748 g/mol. The number of amides is 1. The summed E-state index contributed by atoms with van der Waals surface area (Å²) in [5, 5.41) is 15.3. The lowest BCUT2D eigenvalue weighted by Gasteiger charge is -2.44. The first-order valence-electron chi connectivity index (χ1n) is 17.1. The third-order valence-corrected chi connectivity index (χ3v) is 13.5. The van der Waals surface area contributed by atoms with Gasteiger partial charge in [0, 0.05) is 34.9 Å². The summed E-state index contributed by atoms with van der Waals surface area (Å²) in [5.74, 6) is -0.358. The fourth-order valence-electron chi connectivity index (χ4n) is 6.13. The van der Waals surface area contributed by atoms with Gasteiger partial charge in [-0.05, 0) is 22.3 Å². The second-order valence-electron chi connectivity index (χ2n) is 13.1. The molecule has 0 saturated heterocycles. The molecule has 1 amide bonds. The van der Waals surface area contributed by atoms with Crippen molar-refractivity contribution >= 4 is 24.6 Å². The van der Waals surface area contributed by atoms with E-state index in [1.807, 2.05) is 67.6 Å². The average molecular weight is 749 g/mol. The molecule has 0 radical (unpaired) electrons. The van der Waals surface area contributed by atoms with Crippen molar-refractivity contribution in [2.24, 2.45) is 0 Å². The zero-order valence-corrected chi connectivity index (χ0v) is 32.5. The topological polar surface area (TPSA) is 158 Å². The molecule has 2 N–H and O–H groups in total. The molecule has 15 heteroatoms. The number of hydrogen-bond donors (Lipinski definition) is 2.